The van der Waals surface area contributed by atoms with E-state index in [1.54, 1.807) is 6.07 Å². The van der Waals surface area contributed by atoms with E-state index in [1.165, 1.54) is 5.56 Å². The summed E-state index contributed by atoms with van der Waals surface area (Å²) in [5.74, 6) is 0.400. The molecule has 20 heavy (non-hydrogen) atoms. The van der Waals surface area contributed by atoms with Crippen molar-refractivity contribution in [2.45, 2.75) is 44.4 Å². The predicted octanol–water partition coefficient (Wildman–Crippen LogP) is 4.79. The van der Waals surface area contributed by atoms with E-state index in [-0.39, 0.29) is 4.90 Å². The van der Waals surface area contributed by atoms with Gasteiger partial charge in [-0.25, -0.2) is 8.42 Å². The Labute approximate surface area is 125 Å². The van der Waals surface area contributed by atoms with Crippen LogP contribution < -0.4 is 0 Å². The van der Waals surface area contributed by atoms with Crippen molar-refractivity contribution in [3.05, 3.63) is 41.5 Å². The third kappa shape index (κ3) is 2.99. The Hall–Kier alpha value is -1.06. The molecular formula is C16H19ClO2S. The minimum absolute atomic E-state index is 0.225. The maximum atomic E-state index is 11.8. The molecule has 0 saturated carbocycles. The quantitative estimate of drug-likeness (QED) is 0.760. The van der Waals surface area contributed by atoms with Crippen LogP contribution in [0.1, 0.15) is 44.2 Å². The number of aryl methyl sites for hydroxylation is 1. The summed E-state index contributed by atoms with van der Waals surface area (Å²) in [7, 11) is 1.85. The third-order valence-corrected chi connectivity index (χ3v) is 4.90. The molecule has 2 nitrogen and oxygen atoms in total. The molecule has 2 aliphatic carbocycles. The first-order valence-electron chi connectivity index (χ1n) is 6.84. The average molecular weight is 311 g/mol. The van der Waals surface area contributed by atoms with Crippen molar-refractivity contribution in [2.75, 3.05) is 0 Å². The summed E-state index contributed by atoms with van der Waals surface area (Å²) >= 11 is 0. The molecule has 108 valence electrons. The lowest BCUT2D eigenvalue weighted by molar-refractivity contribution is 0.610. The second kappa shape index (κ2) is 5.74. The first-order valence-corrected chi connectivity index (χ1v) is 9.15. The molecule has 2 rings (SSSR count). The molecule has 0 unspecified atom stereocenters. The van der Waals surface area contributed by atoms with Crippen LogP contribution in [0.2, 0.25) is 0 Å². The molecule has 0 aromatic rings. The van der Waals surface area contributed by atoms with E-state index in [9.17, 15) is 8.42 Å². The molecule has 0 bridgehead atoms. The van der Waals surface area contributed by atoms with E-state index in [0.717, 1.165) is 29.5 Å². The van der Waals surface area contributed by atoms with E-state index in [4.69, 9.17) is 10.7 Å². The van der Waals surface area contributed by atoms with Crippen LogP contribution in [0.5, 0.6) is 0 Å². The molecule has 0 aromatic carbocycles. The van der Waals surface area contributed by atoms with Crippen molar-refractivity contribution < 1.29 is 8.42 Å². The molecule has 0 heterocycles. The third-order valence-electron chi connectivity index (χ3n) is 3.54. The van der Waals surface area contributed by atoms with Gasteiger partial charge in [-0.2, -0.15) is 0 Å². The monoisotopic (exact) mass is 310 g/mol. The minimum atomic E-state index is -3.72. The zero-order valence-corrected chi connectivity index (χ0v) is 13.6. The van der Waals surface area contributed by atoms with Crippen molar-refractivity contribution in [2.24, 2.45) is 0 Å². The van der Waals surface area contributed by atoms with E-state index < -0.39 is 9.05 Å². The van der Waals surface area contributed by atoms with Gasteiger partial charge in [0.1, 0.15) is 0 Å². The van der Waals surface area contributed by atoms with Crippen LogP contribution in [0.4, 0.5) is 0 Å². The van der Waals surface area contributed by atoms with E-state index in [1.807, 2.05) is 18.2 Å². The second-order valence-corrected chi connectivity index (χ2v) is 7.90. The van der Waals surface area contributed by atoms with Crippen molar-refractivity contribution in [1.82, 2.24) is 0 Å². The zero-order valence-electron chi connectivity index (χ0n) is 12.0. The summed E-state index contributed by atoms with van der Waals surface area (Å²) in [6.07, 6.45) is 1.82. The lowest BCUT2D eigenvalue weighted by Crippen LogP contribution is -1.88. The summed E-state index contributed by atoms with van der Waals surface area (Å²) in [6, 6.07) is 9.65. The molecule has 0 saturated heterocycles. The zero-order chi connectivity index (χ0) is 14.9. The normalized spacial score (nSPS) is 12.2. The number of fused-ring (bicyclic) bond motifs is 1. The Bertz CT molecular complexity index is 690. The van der Waals surface area contributed by atoms with Gasteiger partial charge in [0.05, 0.1) is 4.90 Å². The SMILES string of the molecule is CCCc1cc(S(=O)(=O)Cl)c2ccc(C(C)C)ccc1-2. The molecule has 0 fully saturated rings. The van der Waals surface area contributed by atoms with Gasteiger partial charge in [-0.1, -0.05) is 51.5 Å². The van der Waals surface area contributed by atoms with Crippen molar-refractivity contribution in [3.63, 3.8) is 0 Å². The Morgan fingerprint density at radius 1 is 1.10 bits per heavy atom. The first kappa shape index (κ1) is 15.3. The first-order chi connectivity index (χ1) is 9.34. The van der Waals surface area contributed by atoms with Crippen molar-refractivity contribution in [3.8, 4) is 11.1 Å². The molecule has 4 heteroatoms. The fourth-order valence-electron chi connectivity index (χ4n) is 2.47. The summed E-state index contributed by atoms with van der Waals surface area (Å²) in [5, 5.41) is 0. The second-order valence-electron chi connectivity index (χ2n) is 5.37. The number of hydrogen-bond donors (Lipinski definition) is 0. The average Bonchev–Trinajstić information content (AvgIpc) is 2.56. The topological polar surface area (TPSA) is 34.1 Å². The summed E-state index contributed by atoms with van der Waals surface area (Å²) in [5.41, 5.74) is 3.93. The van der Waals surface area contributed by atoms with Crippen LogP contribution in [-0.2, 0) is 15.5 Å². The van der Waals surface area contributed by atoms with Crippen LogP contribution in [0, 0.1) is 0 Å². The molecular weight excluding hydrogens is 292 g/mol. The van der Waals surface area contributed by atoms with Crippen molar-refractivity contribution >= 4 is 19.7 Å². The fraction of sp³-hybridized carbons (Fsp3) is 0.375. The minimum Gasteiger partial charge on any atom is -0.207 e. The summed E-state index contributed by atoms with van der Waals surface area (Å²) in [4.78, 5) is 0.225. The van der Waals surface area contributed by atoms with Gasteiger partial charge in [0.25, 0.3) is 9.05 Å². The van der Waals surface area contributed by atoms with E-state index >= 15 is 0 Å². The molecule has 2 aliphatic rings. The smallest absolute Gasteiger partial charge is 0.207 e. The van der Waals surface area contributed by atoms with Gasteiger partial charge in [0.15, 0.2) is 0 Å². The van der Waals surface area contributed by atoms with Gasteiger partial charge >= 0.3 is 0 Å². The van der Waals surface area contributed by atoms with Gasteiger partial charge in [0, 0.05) is 16.2 Å². The number of hydrogen-bond acceptors (Lipinski definition) is 2. The molecule has 0 N–H and O–H groups in total. The standard InChI is InChI=1S/C16H19ClO2S/c1-4-5-13-10-16(20(17,18)19)15-9-7-12(11(2)3)6-8-14(13)15/h6-11H,4-5H2,1-3H3. The van der Waals surface area contributed by atoms with E-state index in [2.05, 4.69) is 26.8 Å². The Balaban J connectivity index is 2.73. The molecule has 0 aromatic heterocycles. The Morgan fingerprint density at radius 3 is 2.20 bits per heavy atom. The molecule has 0 amide bonds. The van der Waals surface area contributed by atoms with Gasteiger partial charge in [-0.15, -0.1) is 0 Å². The molecule has 0 atom stereocenters. The fourth-order valence-corrected chi connectivity index (χ4v) is 3.57. The highest BCUT2D eigenvalue weighted by Gasteiger charge is 2.22. The summed E-state index contributed by atoms with van der Waals surface area (Å²) < 4.78 is 23.5. The van der Waals surface area contributed by atoms with Crippen LogP contribution in [-0.4, -0.2) is 8.42 Å². The number of rotatable bonds is 4. The van der Waals surface area contributed by atoms with Crippen LogP contribution >= 0.6 is 10.7 Å². The largest absolute Gasteiger partial charge is 0.261 e. The Morgan fingerprint density at radius 2 is 1.70 bits per heavy atom. The lowest BCUT2D eigenvalue weighted by atomic mass is 10.1. The van der Waals surface area contributed by atoms with Gasteiger partial charge in [0.2, 0.25) is 0 Å². The number of halogens is 1. The summed E-state index contributed by atoms with van der Waals surface area (Å²) in [6.45, 7) is 6.31. The molecule has 0 aliphatic heterocycles. The highest BCUT2D eigenvalue weighted by molar-refractivity contribution is 8.13. The molecule has 0 radical (unpaired) electrons. The van der Waals surface area contributed by atoms with Crippen molar-refractivity contribution in [1.29, 1.82) is 0 Å². The Kier molecular flexibility index (Phi) is 4.40. The highest BCUT2D eigenvalue weighted by atomic mass is 35.7. The van der Waals surface area contributed by atoms with Gasteiger partial charge in [-0.3, -0.25) is 0 Å². The predicted molar refractivity (Wildman–Crippen MR) is 84.2 cm³/mol. The van der Waals surface area contributed by atoms with E-state index in [0.29, 0.717) is 5.92 Å². The highest BCUT2D eigenvalue weighted by Crippen LogP contribution is 2.37. The maximum Gasteiger partial charge on any atom is 0.261 e. The van der Waals surface area contributed by atoms with Crippen LogP contribution in [0.3, 0.4) is 0 Å². The van der Waals surface area contributed by atoms with Gasteiger partial charge in [-0.05, 0) is 35.1 Å². The molecule has 0 spiro atoms. The maximum absolute atomic E-state index is 11.8. The van der Waals surface area contributed by atoms with Crippen LogP contribution in [0.25, 0.3) is 11.1 Å². The van der Waals surface area contributed by atoms with Gasteiger partial charge < -0.3 is 0 Å². The lowest BCUT2D eigenvalue weighted by Gasteiger charge is -1.99. The van der Waals surface area contributed by atoms with Crippen LogP contribution in [0.15, 0.2) is 35.2 Å².